The molecule has 0 aliphatic carbocycles. The molecule has 1 heterocycles. The zero-order chi connectivity index (χ0) is 18.9. The van der Waals surface area contributed by atoms with E-state index in [0.717, 1.165) is 25.3 Å². The highest BCUT2D eigenvalue weighted by atomic mass is 127. The molecular weight excluding hydrogens is 445 g/mol. The van der Waals surface area contributed by atoms with Crippen molar-refractivity contribution in [2.45, 2.75) is 60.0 Å². The maximum atomic E-state index is 12.0. The molecule has 0 saturated carbocycles. The highest BCUT2D eigenvalue weighted by Crippen LogP contribution is 1.98. The lowest BCUT2D eigenvalue weighted by Crippen LogP contribution is -2.44. The number of rotatable bonds is 8. The summed E-state index contributed by atoms with van der Waals surface area (Å²) < 4.78 is 2.01. The minimum Gasteiger partial charge on any atom is -0.356 e. The van der Waals surface area contributed by atoms with Crippen LogP contribution in [0.2, 0.25) is 0 Å². The molecule has 0 fully saturated rings. The van der Waals surface area contributed by atoms with Crippen LogP contribution in [0.1, 0.15) is 47.4 Å². The van der Waals surface area contributed by atoms with Gasteiger partial charge in [0.05, 0.1) is 0 Å². The first kappa shape index (κ1) is 24.6. The maximum Gasteiger partial charge on any atom is 0.242 e. The summed E-state index contributed by atoms with van der Waals surface area (Å²) in [5, 5.41) is 17.4. The van der Waals surface area contributed by atoms with E-state index in [4.69, 9.17) is 0 Å². The van der Waals surface area contributed by atoms with Gasteiger partial charge in [0.15, 0.2) is 5.96 Å². The Morgan fingerprint density at radius 1 is 1.31 bits per heavy atom. The standard InChI is InChI=1S/C17H33N7O.HI/c1-7-14-23-21-12-24(14)9-8-18-16(19-10-13(2)3)20-11-15(25)22-17(4,5)6;/h12-13H,7-11H2,1-6H3,(H,22,25)(H2,18,19,20);1H. The van der Waals surface area contributed by atoms with Crippen LogP contribution in [0.25, 0.3) is 0 Å². The van der Waals surface area contributed by atoms with E-state index < -0.39 is 0 Å². The third-order valence-corrected chi connectivity index (χ3v) is 3.23. The van der Waals surface area contributed by atoms with Crippen molar-refractivity contribution in [1.82, 2.24) is 30.7 Å². The minimum atomic E-state index is -0.253. The molecule has 0 saturated heterocycles. The molecule has 0 unspecified atom stereocenters. The number of hydrogen-bond donors (Lipinski definition) is 3. The maximum absolute atomic E-state index is 12.0. The second kappa shape index (κ2) is 12.1. The fourth-order valence-corrected chi connectivity index (χ4v) is 2.12. The quantitative estimate of drug-likeness (QED) is 0.299. The van der Waals surface area contributed by atoms with Gasteiger partial charge in [0.2, 0.25) is 5.91 Å². The zero-order valence-electron chi connectivity index (χ0n) is 16.8. The molecule has 0 aromatic carbocycles. The minimum absolute atomic E-state index is 0. The fraction of sp³-hybridized carbons (Fsp3) is 0.765. The van der Waals surface area contributed by atoms with Gasteiger partial charge >= 0.3 is 0 Å². The van der Waals surface area contributed by atoms with Crippen molar-refractivity contribution in [2.24, 2.45) is 10.9 Å². The second-order valence-electron chi connectivity index (χ2n) is 7.46. The lowest BCUT2D eigenvalue weighted by atomic mass is 10.1. The number of carbonyl (C=O) groups is 1. The Morgan fingerprint density at radius 2 is 2.00 bits per heavy atom. The number of aryl methyl sites for hydroxylation is 1. The van der Waals surface area contributed by atoms with Crippen LogP contribution < -0.4 is 16.0 Å². The molecule has 1 amide bonds. The third-order valence-electron chi connectivity index (χ3n) is 3.23. The summed E-state index contributed by atoms with van der Waals surface area (Å²) in [5.74, 6) is 1.99. The summed E-state index contributed by atoms with van der Waals surface area (Å²) in [6.07, 6.45) is 2.58. The van der Waals surface area contributed by atoms with E-state index in [1.165, 1.54) is 0 Å². The number of hydrogen-bond acceptors (Lipinski definition) is 4. The molecule has 0 aliphatic rings. The molecule has 0 atom stereocenters. The predicted octanol–water partition coefficient (Wildman–Crippen LogP) is 1.56. The molecule has 0 bridgehead atoms. The van der Waals surface area contributed by atoms with Crippen molar-refractivity contribution in [3.8, 4) is 0 Å². The van der Waals surface area contributed by atoms with Crippen molar-refractivity contribution < 1.29 is 4.79 Å². The van der Waals surface area contributed by atoms with Crippen LogP contribution in [0.15, 0.2) is 11.3 Å². The Bertz CT molecular complexity index is 564. The topological polar surface area (TPSA) is 96.2 Å². The third kappa shape index (κ3) is 10.6. The Hall–Kier alpha value is -1.39. The van der Waals surface area contributed by atoms with Gasteiger partial charge in [0.25, 0.3) is 0 Å². The van der Waals surface area contributed by atoms with E-state index in [1.54, 1.807) is 6.33 Å². The summed E-state index contributed by atoms with van der Waals surface area (Å²) >= 11 is 0. The van der Waals surface area contributed by atoms with Crippen LogP contribution in [-0.2, 0) is 17.8 Å². The Balaban J connectivity index is 0.00000625. The van der Waals surface area contributed by atoms with Crippen LogP contribution in [0.5, 0.6) is 0 Å². The lowest BCUT2D eigenvalue weighted by Gasteiger charge is -2.20. The Morgan fingerprint density at radius 3 is 2.58 bits per heavy atom. The number of carbonyl (C=O) groups excluding carboxylic acids is 1. The van der Waals surface area contributed by atoms with E-state index in [2.05, 4.69) is 51.9 Å². The Kier molecular flexibility index (Phi) is 11.4. The summed E-state index contributed by atoms with van der Waals surface area (Å²) in [6.45, 7) is 14.5. The summed E-state index contributed by atoms with van der Waals surface area (Å²) in [6, 6.07) is 0. The summed E-state index contributed by atoms with van der Waals surface area (Å²) in [5.41, 5.74) is -0.253. The first-order valence-electron chi connectivity index (χ1n) is 8.91. The zero-order valence-corrected chi connectivity index (χ0v) is 19.1. The molecule has 26 heavy (non-hydrogen) atoms. The molecule has 8 nitrogen and oxygen atoms in total. The monoisotopic (exact) mass is 479 g/mol. The van der Waals surface area contributed by atoms with Gasteiger partial charge < -0.3 is 20.5 Å². The fourth-order valence-electron chi connectivity index (χ4n) is 2.12. The van der Waals surface area contributed by atoms with Gasteiger partial charge in [-0.1, -0.05) is 20.8 Å². The van der Waals surface area contributed by atoms with Crippen molar-refractivity contribution in [2.75, 3.05) is 19.6 Å². The molecule has 1 rings (SSSR count). The second-order valence-corrected chi connectivity index (χ2v) is 7.46. The van der Waals surface area contributed by atoms with Gasteiger partial charge in [0, 0.05) is 31.6 Å². The summed E-state index contributed by atoms with van der Waals surface area (Å²) in [7, 11) is 0. The van der Waals surface area contributed by atoms with Crippen molar-refractivity contribution in [1.29, 1.82) is 0 Å². The predicted molar refractivity (Wildman–Crippen MR) is 116 cm³/mol. The van der Waals surface area contributed by atoms with Crippen LogP contribution in [0.3, 0.4) is 0 Å². The number of nitrogens with zero attached hydrogens (tertiary/aromatic N) is 4. The van der Waals surface area contributed by atoms with Crippen LogP contribution in [0.4, 0.5) is 0 Å². The van der Waals surface area contributed by atoms with Crippen molar-refractivity contribution in [3.63, 3.8) is 0 Å². The SMILES string of the molecule is CCc1nncn1CCNC(=NCC(=O)NC(C)(C)C)NCC(C)C.I. The number of nitrogens with one attached hydrogen (secondary N) is 3. The molecule has 1 aromatic heterocycles. The molecule has 9 heteroatoms. The molecule has 0 radical (unpaired) electrons. The largest absolute Gasteiger partial charge is 0.356 e. The van der Waals surface area contributed by atoms with Gasteiger partial charge in [-0.2, -0.15) is 0 Å². The van der Waals surface area contributed by atoms with Gasteiger partial charge in [-0.15, -0.1) is 34.2 Å². The molecule has 1 aromatic rings. The van der Waals surface area contributed by atoms with Gasteiger partial charge in [-0.05, 0) is 26.7 Å². The van der Waals surface area contributed by atoms with E-state index >= 15 is 0 Å². The number of amides is 1. The average molecular weight is 479 g/mol. The average Bonchev–Trinajstić information content (AvgIpc) is 2.95. The van der Waals surface area contributed by atoms with Crippen LogP contribution >= 0.6 is 24.0 Å². The molecular formula is C17H34IN7O. The smallest absolute Gasteiger partial charge is 0.242 e. The Labute approximate surface area is 174 Å². The summed E-state index contributed by atoms with van der Waals surface area (Å²) in [4.78, 5) is 16.3. The van der Waals surface area contributed by atoms with Gasteiger partial charge in [-0.3, -0.25) is 4.79 Å². The van der Waals surface area contributed by atoms with E-state index in [9.17, 15) is 4.79 Å². The molecule has 0 spiro atoms. The van der Waals surface area contributed by atoms with Crippen molar-refractivity contribution in [3.05, 3.63) is 12.2 Å². The molecule has 150 valence electrons. The van der Waals surface area contributed by atoms with Gasteiger partial charge in [-0.25, -0.2) is 4.99 Å². The first-order chi connectivity index (χ1) is 11.7. The van der Waals surface area contributed by atoms with E-state index in [-0.39, 0.29) is 42.0 Å². The van der Waals surface area contributed by atoms with Crippen LogP contribution in [-0.4, -0.2) is 51.8 Å². The molecule has 3 N–H and O–H groups in total. The normalized spacial score (nSPS) is 11.9. The van der Waals surface area contributed by atoms with E-state index in [0.29, 0.717) is 18.4 Å². The first-order valence-corrected chi connectivity index (χ1v) is 8.91. The number of guanidine groups is 1. The van der Waals surface area contributed by atoms with Crippen LogP contribution in [0, 0.1) is 5.92 Å². The van der Waals surface area contributed by atoms with Gasteiger partial charge in [0.1, 0.15) is 18.7 Å². The number of aromatic nitrogens is 3. The van der Waals surface area contributed by atoms with E-state index in [1.807, 2.05) is 25.3 Å². The number of aliphatic imine (C=N–C) groups is 1. The molecule has 0 aliphatic heterocycles. The van der Waals surface area contributed by atoms with Crippen molar-refractivity contribution >= 4 is 35.8 Å². The number of halogens is 1. The highest BCUT2D eigenvalue weighted by molar-refractivity contribution is 14.0. The lowest BCUT2D eigenvalue weighted by molar-refractivity contribution is -0.121. The highest BCUT2D eigenvalue weighted by Gasteiger charge is 2.13.